The highest BCUT2D eigenvalue weighted by atomic mass is 32.1. The number of hydrogen-bond acceptors (Lipinski definition) is 4. The third kappa shape index (κ3) is 3.83. The van der Waals surface area contributed by atoms with E-state index in [0.717, 1.165) is 15.6 Å². The minimum Gasteiger partial charge on any atom is -0.392 e. The lowest BCUT2D eigenvalue weighted by molar-refractivity contribution is 0.0582. The van der Waals surface area contributed by atoms with E-state index in [1.807, 2.05) is 20.8 Å². The van der Waals surface area contributed by atoms with Crippen LogP contribution in [0.2, 0.25) is 0 Å². The third-order valence-corrected chi connectivity index (χ3v) is 5.36. The standard InChI is InChI=1S/C16H26N2O2S/c1-10(2)18(9-11(3)19)16(20)14-12(4)17-15(21-14)13-7-5-6-8-13/h10-11,13,19H,5-9H2,1-4H3. The molecule has 5 heteroatoms. The van der Waals surface area contributed by atoms with Crippen LogP contribution in [0, 0.1) is 6.92 Å². The second kappa shape index (κ2) is 6.88. The van der Waals surface area contributed by atoms with Crippen molar-refractivity contribution >= 4 is 17.2 Å². The molecule has 0 aromatic carbocycles. The largest absolute Gasteiger partial charge is 0.392 e. The zero-order valence-corrected chi connectivity index (χ0v) is 14.2. The van der Waals surface area contributed by atoms with E-state index in [1.54, 1.807) is 23.2 Å². The summed E-state index contributed by atoms with van der Waals surface area (Å²) in [4.78, 5) is 19.9. The number of carbonyl (C=O) groups excluding carboxylic acids is 1. The molecule has 1 aromatic heterocycles. The quantitative estimate of drug-likeness (QED) is 0.907. The van der Waals surface area contributed by atoms with E-state index in [9.17, 15) is 9.90 Å². The maximum Gasteiger partial charge on any atom is 0.266 e. The van der Waals surface area contributed by atoms with Crippen molar-refractivity contribution in [1.82, 2.24) is 9.88 Å². The number of nitrogens with zero attached hydrogens (tertiary/aromatic N) is 2. The maximum atomic E-state index is 12.8. The van der Waals surface area contributed by atoms with Gasteiger partial charge in [-0.2, -0.15) is 0 Å². The van der Waals surface area contributed by atoms with Gasteiger partial charge in [0.05, 0.1) is 16.8 Å². The Kier molecular flexibility index (Phi) is 5.38. The smallest absolute Gasteiger partial charge is 0.266 e. The van der Waals surface area contributed by atoms with Crippen LogP contribution in [0.3, 0.4) is 0 Å². The van der Waals surface area contributed by atoms with Crippen molar-refractivity contribution in [2.45, 2.75) is 71.4 Å². The fraction of sp³-hybridized carbons (Fsp3) is 0.750. The third-order valence-electron chi connectivity index (χ3n) is 4.06. The van der Waals surface area contributed by atoms with E-state index in [4.69, 9.17) is 0 Å². The van der Waals surface area contributed by atoms with Gasteiger partial charge in [-0.25, -0.2) is 4.98 Å². The van der Waals surface area contributed by atoms with Crippen LogP contribution in [0.1, 0.15) is 72.7 Å². The molecule has 1 saturated carbocycles. The van der Waals surface area contributed by atoms with Crippen molar-refractivity contribution in [1.29, 1.82) is 0 Å². The Labute approximate surface area is 131 Å². The average molecular weight is 310 g/mol. The minimum atomic E-state index is -0.515. The van der Waals surface area contributed by atoms with Crippen molar-refractivity contribution in [3.63, 3.8) is 0 Å². The normalized spacial score (nSPS) is 17.4. The number of thiazole rings is 1. The van der Waals surface area contributed by atoms with Crippen LogP contribution in [0.15, 0.2) is 0 Å². The van der Waals surface area contributed by atoms with Crippen LogP contribution in [0.5, 0.6) is 0 Å². The molecule has 0 bridgehead atoms. The summed E-state index contributed by atoms with van der Waals surface area (Å²) in [5.74, 6) is 0.546. The Morgan fingerprint density at radius 3 is 2.52 bits per heavy atom. The molecular formula is C16H26N2O2S. The zero-order valence-electron chi connectivity index (χ0n) is 13.4. The second-order valence-electron chi connectivity index (χ2n) is 6.35. The summed E-state index contributed by atoms with van der Waals surface area (Å²) in [6, 6.07) is 0.0727. The Bertz CT molecular complexity index is 490. The lowest BCUT2D eigenvalue weighted by Crippen LogP contribution is -2.41. The Morgan fingerprint density at radius 2 is 2.00 bits per heavy atom. The topological polar surface area (TPSA) is 53.4 Å². The predicted octanol–water partition coefficient (Wildman–Crippen LogP) is 3.34. The van der Waals surface area contributed by atoms with Crippen LogP contribution in [-0.2, 0) is 0 Å². The summed E-state index contributed by atoms with van der Waals surface area (Å²) < 4.78 is 0. The fourth-order valence-corrected chi connectivity index (χ4v) is 4.10. The molecule has 0 saturated heterocycles. The molecule has 0 spiro atoms. The van der Waals surface area contributed by atoms with Crippen molar-refractivity contribution in [3.8, 4) is 0 Å². The number of hydrogen-bond donors (Lipinski definition) is 1. The van der Waals surface area contributed by atoms with Crippen molar-refractivity contribution in [3.05, 3.63) is 15.6 Å². The van der Waals surface area contributed by atoms with Gasteiger partial charge in [-0.15, -0.1) is 11.3 Å². The maximum absolute atomic E-state index is 12.8. The number of amides is 1. The Hall–Kier alpha value is -0.940. The van der Waals surface area contributed by atoms with Crippen molar-refractivity contribution < 1.29 is 9.90 Å². The number of carbonyl (C=O) groups is 1. The molecule has 1 aromatic rings. The first-order valence-electron chi connectivity index (χ1n) is 7.86. The SMILES string of the molecule is Cc1nc(C2CCCC2)sc1C(=O)N(CC(C)O)C(C)C. The van der Waals surface area contributed by atoms with E-state index in [-0.39, 0.29) is 11.9 Å². The van der Waals surface area contributed by atoms with E-state index in [2.05, 4.69) is 4.98 Å². The highest BCUT2D eigenvalue weighted by Gasteiger charge is 2.27. The van der Waals surface area contributed by atoms with Gasteiger partial charge in [0.15, 0.2) is 0 Å². The lowest BCUT2D eigenvalue weighted by atomic mass is 10.1. The van der Waals surface area contributed by atoms with Gasteiger partial charge in [0, 0.05) is 18.5 Å². The first kappa shape index (κ1) is 16.4. The summed E-state index contributed by atoms with van der Waals surface area (Å²) in [5.41, 5.74) is 0.836. The lowest BCUT2D eigenvalue weighted by Gasteiger charge is -2.27. The van der Waals surface area contributed by atoms with E-state index in [0.29, 0.717) is 12.5 Å². The second-order valence-corrected chi connectivity index (χ2v) is 7.38. The molecule has 1 N–H and O–H groups in total. The molecule has 4 nitrogen and oxygen atoms in total. The molecule has 1 atom stereocenters. The first-order valence-corrected chi connectivity index (χ1v) is 8.68. The summed E-state index contributed by atoms with van der Waals surface area (Å²) >= 11 is 1.55. The van der Waals surface area contributed by atoms with Gasteiger partial charge in [-0.05, 0) is 40.5 Å². The van der Waals surface area contributed by atoms with Crippen LogP contribution in [-0.4, -0.2) is 39.6 Å². The highest BCUT2D eigenvalue weighted by Crippen LogP contribution is 2.37. The van der Waals surface area contributed by atoms with Gasteiger partial charge in [0.1, 0.15) is 4.88 Å². The Morgan fingerprint density at radius 1 is 1.38 bits per heavy atom. The van der Waals surface area contributed by atoms with Gasteiger partial charge >= 0.3 is 0 Å². The molecule has 0 radical (unpaired) electrons. The number of aryl methyl sites for hydroxylation is 1. The first-order chi connectivity index (χ1) is 9.90. The molecule has 1 fully saturated rings. The highest BCUT2D eigenvalue weighted by molar-refractivity contribution is 7.13. The number of aliphatic hydroxyl groups excluding tert-OH is 1. The minimum absolute atomic E-state index is 0.00477. The average Bonchev–Trinajstić information content (AvgIpc) is 3.03. The molecule has 0 aliphatic heterocycles. The van der Waals surface area contributed by atoms with Crippen LogP contribution < -0.4 is 0 Å². The summed E-state index contributed by atoms with van der Waals surface area (Å²) in [7, 11) is 0. The summed E-state index contributed by atoms with van der Waals surface area (Å²) in [6.07, 6.45) is 4.42. The molecule has 2 rings (SSSR count). The fourth-order valence-electron chi connectivity index (χ4n) is 2.91. The van der Waals surface area contributed by atoms with Gasteiger partial charge in [-0.3, -0.25) is 4.79 Å². The van der Waals surface area contributed by atoms with Gasteiger partial charge < -0.3 is 10.0 Å². The Balaban J connectivity index is 2.21. The predicted molar refractivity (Wildman–Crippen MR) is 85.9 cm³/mol. The number of aromatic nitrogens is 1. The van der Waals surface area contributed by atoms with E-state index >= 15 is 0 Å². The molecule has 1 heterocycles. The molecule has 118 valence electrons. The molecule has 21 heavy (non-hydrogen) atoms. The summed E-state index contributed by atoms with van der Waals surface area (Å²) in [6.45, 7) is 7.96. The van der Waals surface area contributed by atoms with Crippen LogP contribution in [0.25, 0.3) is 0 Å². The van der Waals surface area contributed by atoms with E-state index in [1.165, 1.54) is 25.7 Å². The molecule has 1 aliphatic rings. The van der Waals surface area contributed by atoms with Crippen molar-refractivity contribution in [2.75, 3.05) is 6.54 Å². The molecular weight excluding hydrogens is 284 g/mol. The van der Waals surface area contributed by atoms with Gasteiger partial charge in [0.2, 0.25) is 0 Å². The molecule has 1 unspecified atom stereocenters. The molecule has 1 amide bonds. The van der Waals surface area contributed by atoms with Crippen molar-refractivity contribution in [2.24, 2.45) is 0 Å². The molecule has 1 aliphatic carbocycles. The number of rotatable bonds is 5. The zero-order chi connectivity index (χ0) is 15.6. The number of aliphatic hydroxyl groups is 1. The van der Waals surface area contributed by atoms with Crippen LogP contribution in [0.4, 0.5) is 0 Å². The van der Waals surface area contributed by atoms with E-state index < -0.39 is 6.10 Å². The monoisotopic (exact) mass is 310 g/mol. The van der Waals surface area contributed by atoms with Gasteiger partial charge in [-0.1, -0.05) is 12.8 Å². The van der Waals surface area contributed by atoms with Crippen LogP contribution >= 0.6 is 11.3 Å². The van der Waals surface area contributed by atoms with Gasteiger partial charge in [0.25, 0.3) is 5.91 Å². The summed E-state index contributed by atoms with van der Waals surface area (Å²) in [5, 5.41) is 10.7.